The Morgan fingerprint density at radius 3 is 2.95 bits per heavy atom. The monoisotopic (exact) mass is 281 g/mol. The molecule has 108 valence electrons. The average molecular weight is 281 g/mol. The Labute approximate surface area is 124 Å². The van der Waals surface area contributed by atoms with Crippen molar-refractivity contribution in [3.8, 4) is 0 Å². The van der Waals surface area contributed by atoms with Crippen LogP contribution in [0.5, 0.6) is 0 Å². The molecule has 0 N–H and O–H groups in total. The lowest BCUT2D eigenvalue weighted by Gasteiger charge is -2.19. The molecule has 2 heterocycles. The van der Waals surface area contributed by atoms with Crippen LogP contribution in [0.3, 0.4) is 0 Å². The molecule has 0 aliphatic rings. The van der Waals surface area contributed by atoms with E-state index in [1.165, 1.54) is 5.56 Å². The second-order valence-corrected chi connectivity index (χ2v) is 5.29. The van der Waals surface area contributed by atoms with Crippen molar-refractivity contribution in [2.24, 2.45) is 0 Å². The summed E-state index contributed by atoms with van der Waals surface area (Å²) < 4.78 is 2.09. The van der Waals surface area contributed by atoms with Gasteiger partial charge in [-0.2, -0.15) is 0 Å². The molecule has 1 aromatic carbocycles. The van der Waals surface area contributed by atoms with Crippen LogP contribution in [-0.2, 0) is 6.54 Å². The molecule has 0 unspecified atom stereocenters. The smallest absolute Gasteiger partial charge is 0.139 e. The number of fused-ring (bicyclic) bond motifs is 1. The number of aryl methyl sites for hydroxylation is 2. The van der Waals surface area contributed by atoms with E-state index in [0.717, 1.165) is 36.2 Å². The van der Waals surface area contributed by atoms with Gasteiger partial charge < -0.3 is 9.47 Å². The summed E-state index contributed by atoms with van der Waals surface area (Å²) in [7, 11) is 2.08. The average Bonchev–Trinajstić information content (AvgIpc) is 2.99. The van der Waals surface area contributed by atoms with Gasteiger partial charge in [0, 0.05) is 37.9 Å². The molecule has 0 aliphatic heterocycles. The SMILES string of the molecule is Cc1ccc2ncnc(N(C)CCCn3ccnc3)c2c1. The van der Waals surface area contributed by atoms with Crippen molar-refractivity contribution in [1.29, 1.82) is 0 Å². The van der Waals surface area contributed by atoms with Crippen molar-refractivity contribution >= 4 is 16.7 Å². The van der Waals surface area contributed by atoms with Crippen molar-refractivity contribution in [2.75, 3.05) is 18.5 Å². The first-order valence-corrected chi connectivity index (χ1v) is 7.12. The molecule has 5 nitrogen and oxygen atoms in total. The summed E-state index contributed by atoms with van der Waals surface area (Å²) >= 11 is 0. The van der Waals surface area contributed by atoms with Crippen molar-refractivity contribution in [3.05, 3.63) is 48.8 Å². The highest BCUT2D eigenvalue weighted by atomic mass is 15.2. The third-order valence-corrected chi connectivity index (χ3v) is 3.60. The van der Waals surface area contributed by atoms with Crippen LogP contribution in [0, 0.1) is 6.92 Å². The van der Waals surface area contributed by atoms with Crippen molar-refractivity contribution in [2.45, 2.75) is 19.9 Å². The van der Waals surface area contributed by atoms with Crippen LogP contribution < -0.4 is 4.90 Å². The Morgan fingerprint density at radius 2 is 2.14 bits per heavy atom. The van der Waals surface area contributed by atoms with Crippen LogP contribution in [0.25, 0.3) is 10.9 Å². The highest BCUT2D eigenvalue weighted by Crippen LogP contribution is 2.23. The summed E-state index contributed by atoms with van der Waals surface area (Å²) in [5.41, 5.74) is 2.22. The summed E-state index contributed by atoms with van der Waals surface area (Å²) in [6.07, 6.45) is 8.33. The van der Waals surface area contributed by atoms with Gasteiger partial charge >= 0.3 is 0 Å². The molecule has 0 saturated heterocycles. The van der Waals surface area contributed by atoms with Gasteiger partial charge in [0.1, 0.15) is 12.1 Å². The second-order valence-electron chi connectivity index (χ2n) is 5.29. The summed E-state index contributed by atoms with van der Waals surface area (Å²) in [6.45, 7) is 4.00. The third kappa shape index (κ3) is 3.02. The summed E-state index contributed by atoms with van der Waals surface area (Å²) in [5.74, 6) is 0.995. The largest absolute Gasteiger partial charge is 0.359 e. The number of rotatable bonds is 5. The molecule has 5 heteroatoms. The van der Waals surface area contributed by atoms with Gasteiger partial charge in [-0.25, -0.2) is 15.0 Å². The van der Waals surface area contributed by atoms with Crippen LogP contribution in [0.1, 0.15) is 12.0 Å². The Hall–Kier alpha value is -2.43. The topological polar surface area (TPSA) is 46.8 Å². The molecule has 21 heavy (non-hydrogen) atoms. The van der Waals surface area contributed by atoms with E-state index in [-0.39, 0.29) is 0 Å². The lowest BCUT2D eigenvalue weighted by molar-refractivity contribution is 0.636. The molecule has 0 atom stereocenters. The van der Waals surface area contributed by atoms with Crippen LogP contribution >= 0.6 is 0 Å². The van der Waals surface area contributed by atoms with Crippen molar-refractivity contribution < 1.29 is 0 Å². The molecule has 0 bridgehead atoms. The highest BCUT2D eigenvalue weighted by molar-refractivity contribution is 5.89. The molecular formula is C16H19N5. The maximum absolute atomic E-state index is 4.46. The zero-order chi connectivity index (χ0) is 14.7. The predicted octanol–water partition coefficient (Wildman–Crippen LogP) is 2.66. The molecule has 0 radical (unpaired) electrons. The molecule has 0 aliphatic carbocycles. The standard InChI is InChI=1S/C16H19N5/c1-13-4-5-15-14(10-13)16(19-11-18-15)20(2)7-3-8-21-9-6-17-12-21/h4-6,9-12H,3,7-8H2,1-2H3. The van der Waals surface area contributed by atoms with Gasteiger partial charge in [-0.05, 0) is 25.5 Å². The summed E-state index contributed by atoms with van der Waals surface area (Å²) in [4.78, 5) is 15.0. The first-order chi connectivity index (χ1) is 10.2. The zero-order valence-electron chi connectivity index (χ0n) is 12.4. The summed E-state index contributed by atoms with van der Waals surface area (Å²) in [6, 6.07) is 6.28. The Morgan fingerprint density at radius 1 is 1.24 bits per heavy atom. The quantitative estimate of drug-likeness (QED) is 0.721. The fraction of sp³-hybridized carbons (Fsp3) is 0.312. The number of benzene rings is 1. The van der Waals surface area contributed by atoms with Gasteiger partial charge in [0.15, 0.2) is 0 Å². The number of aromatic nitrogens is 4. The zero-order valence-corrected chi connectivity index (χ0v) is 12.4. The number of imidazole rings is 1. The summed E-state index contributed by atoms with van der Waals surface area (Å²) in [5, 5.41) is 1.11. The number of hydrogen-bond donors (Lipinski definition) is 0. The Balaban J connectivity index is 1.74. The van der Waals surface area contributed by atoms with Gasteiger partial charge in [-0.3, -0.25) is 0 Å². The second kappa shape index (κ2) is 5.91. The van der Waals surface area contributed by atoms with Gasteiger partial charge in [-0.1, -0.05) is 11.6 Å². The minimum atomic E-state index is 0.943. The fourth-order valence-corrected chi connectivity index (χ4v) is 2.48. The molecule has 0 fully saturated rings. The van der Waals surface area contributed by atoms with Crippen molar-refractivity contribution in [3.63, 3.8) is 0 Å². The van der Waals surface area contributed by atoms with Crippen LogP contribution in [0.15, 0.2) is 43.2 Å². The van der Waals surface area contributed by atoms with Crippen LogP contribution in [0.2, 0.25) is 0 Å². The Bertz CT molecular complexity index is 721. The molecule has 3 rings (SSSR count). The highest BCUT2D eigenvalue weighted by Gasteiger charge is 2.08. The van der Waals surface area contributed by atoms with E-state index in [9.17, 15) is 0 Å². The van der Waals surface area contributed by atoms with E-state index in [0.29, 0.717) is 0 Å². The minimum absolute atomic E-state index is 0.943. The van der Waals surface area contributed by atoms with E-state index in [2.05, 4.69) is 56.6 Å². The third-order valence-electron chi connectivity index (χ3n) is 3.60. The van der Waals surface area contributed by atoms with E-state index in [1.807, 2.05) is 18.7 Å². The van der Waals surface area contributed by atoms with E-state index >= 15 is 0 Å². The van der Waals surface area contributed by atoms with Crippen LogP contribution in [0.4, 0.5) is 5.82 Å². The molecule has 0 amide bonds. The molecule has 0 spiro atoms. The first-order valence-electron chi connectivity index (χ1n) is 7.12. The lowest BCUT2D eigenvalue weighted by atomic mass is 10.1. The van der Waals surface area contributed by atoms with E-state index in [1.54, 1.807) is 6.33 Å². The number of hydrogen-bond acceptors (Lipinski definition) is 4. The van der Waals surface area contributed by atoms with Crippen LogP contribution in [-0.4, -0.2) is 33.1 Å². The molecule has 3 aromatic rings. The van der Waals surface area contributed by atoms with E-state index in [4.69, 9.17) is 0 Å². The minimum Gasteiger partial charge on any atom is -0.359 e. The number of nitrogens with zero attached hydrogens (tertiary/aromatic N) is 5. The molecule has 0 saturated carbocycles. The van der Waals surface area contributed by atoms with Gasteiger partial charge in [0.05, 0.1) is 11.8 Å². The van der Waals surface area contributed by atoms with Gasteiger partial charge in [0.2, 0.25) is 0 Å². The van der Waals surface area contributed by atoms with E-state index < -0.39 is 0 Å². The molecule has 2 aromatic heterocycles. The number of anilines is 1. The first kappa shape index (κ1) is 13.5. The van der Waals surface area contributed by atoms with Gasteiger partial charge in [0.25, 0.3) is 0 Å². The Kier molecular flexibility index (Phi) is 3.81. The lowest BCUT2D eigenvalue weighted by Crippen LogP contribution is -2.21. The van der Waals surface area contributed by atoms with Gasteiger partial charge in [-0.15, -0.1) is 0 Å². The maximum atomic E-state index is 4.46. The predicted molar refractivity (Wildman–Crippen MR) is 84.4 cm³/mol. The van der Waals surface area contributed by atoms with Crippen molar-refractivity contribution in [1.82, 2.24) is 19.5 Å². The molecular weight excluding hydrogens is 262 g/mol. The fourth-order valence-electron chi connectivity index (χ4n) is 2.48. The normalized spacial score (nSPS) is 11.0. The maximum Gasteiger partial charge on any atom is 0.139 e.